The zero-order chi connectivity index (χ0) is 30.2. The molecular weight excluding hydrogens is 558 g/mol. The van der Waals surface area contributed by atoms with E-state index in [2.05, 4.69) is 19.8 Å². The molecule has 0 fully saturated rings. The number of sulfonamides is 1. The second-order valence-corrected chi connectivity index (χ2v) is 11.6. The van der Waals surface area contributed by atoms with E-state index in [1.165, 1.54) is 10.6 Å². The van der Waals surface area contributed by atoms with Crippen molar-refractivity contribution in [1.29, 1.82) is 0 Å². The van der Waals surface area contributed by atoms with Gasteiger partial charge in [0, 0.05) is 23.8 Å². The van der Waals surface area contributed by atoms with E-state index < -0.39 is 15.6 Å². The second-order valence-electron chi connectivity index (χ2n) is 9.95. The van der Waals surface area contributed by atoms with Crippen molar-refractivity contribution in [3.8, 4) is 16.9 Å². The van der Waals surface area contributed by atoms with E-state index >= 15 is 0 Å². The van der Waals surface area contributed by atoms with E-state index in [0.29, 0.717) is 51.6 Å². The Morgan fingerprint density at radius 1 is 1.02 bits per heavy atom. The predicted molar refractivity (Wildman–Crippen MR) is 158 cm³/mol. The average Bonchev–Trinajstić information content (AvgIpc) is 3.25. The van der Waals surface area contributed by atoms with Crippen LogP contribution in [-0.4, -0.2) is 39.8 Å². The Labute approximate surface area is 242 Å². The Balaban J connectivity index is 1.59. The van der Waals surface area contributed by atoms with Crippen molar-refractivity contribution in [2.24, 2.45) is 0 Å². The summed E-state index contributed by atoms with van der Waals surface area (Å²) in [7, 11) is -4.04. The van der Waals surface area contributed by atoms with Gasteiger partial charge in [-0.05, 0) is 57.4 Å². The lowest BCUT2D eigenvalue weighted by Gasteiger charge is -2.17. The van der Waals surface area contributed by atoms with Gasteiger partial charge in [0.2, 0.25) is 0 Å². The first-order valence-corrected chi connectivity index (χ1v) is 14.8. The molecule has 0 atom stereocenters. The van der Waals surface area contributed by atoms with Gasteiger partial charge in [0.25, 0.3) is 15.6 Å². The molecule has 218 valence electrons. The molecule has 0 saturated heterocycles. The number of aromatic hydroxyl groups is 1. The number of benzene rings is 2. The van der Waals surface area contributed by atoms with Crippen LogP contribution in [0.1, 0.15) is 40.9 Å². The highest BCUT2D eigenvalue weighted by Crippen LogP contribution is 2.33. The third-order valence-corrected chi connectivity index (χ3v) is 8.44. The number of hydrogen-bond donors (Lipinski definition) is 2. The van der Waals surface area contributed by atoms with Crippen molar-refractivity contribution in [3.63, 3.8) is 0 Å². The highest BCUT2D eigenvalue weighted by Gasteiger charge is 2.24. The number of fused-ring (bicyclic) bond motifs is 1. The van der Waals surface area contributed by atoms with Gasteiger partial charge in [0.1, 0.15) is 17.3 Å². The van der Waals surface area contributed by atoms with Crippen molar-refractivity contribution in [1.82, 2.24) is 19.7 Å². The molecule has 5 aromatic rings. The van der Waals surface area contributed by atoms with E-state index in [1.54, 1.807) is 45.9 Å². The van der Waals surface area contributed by atoms with Gasteiger partial charge in [0.15, 0.2) is 11.5 Å². The minimum atomic E-state index is -4.04. The number of nitrogens with zero attached hydrogens (tertiary/aromatic N) is 4. The fraction of sp³-hybridized carbons (Fsp3) is 0.267. The van der Waals surface area contributed by atoms with Gasteiger partial charge < -0.3 is 14.4 Å². The highest BCUT2D eigenvalue weighted by molar-refractivity contribution is 7.92. The van der Waals surface area contributed by atoms with Crippen LogP contribution >= 0.6 is 0 Å². The summed E-state index contributed by atoms with van der Waals surface area (Å²) >= 11 is 0. The molecule has 2 N–H and O–H groups in total. The maximum absolute atomic E-state index is 13.5. The van der Waals surface area contributed by atoms with E-state index in [0.717, 1.165) is 17.2 Å². The molecule has 0 aliphatic heterocycles. The maximum Gasteiger partial charge on any atom is 0.263 e. The monoisotopic (exact) mass is 589 g/mol. The van der Waals surface area contributed by atoms with Gasteiger partial charge in [-0.1, -0.05) is 41.6 Å². The topological polar surface area (TPSA) is 149 Å². The maximum atomic E-state index is 13.5. The van der Waals surface area contributed by atoms with Gasteiger partial charge in [-0.25, -0.2) is 18.4 Å². The first-order chi connectivity index (χ1) is 20.0. The smallest absolute Gasteiger partial charge is 0.263 e. The number of aromatic nitrogens is 4. The minimum absolute atomic E-state index is 0.0685. The van der Waals surface area contributed by atoms with Gasteiger partial charge in [0.05, 0.1) is 29.1 Å². The summed E-state index contributed by atoms with van der Waals surface area (Å²) in [6, 6.07) is 13.4. The third-order valence-electron chi connectivity index (χ3n) is 7.05. The number of aryl methyl sites for hydroxylation is 3. The number of nitrogens with one attached hydrogen (secondary N) is 1. The fourth-order valence-corrected chi connectivity index (χ4v) is 6.13. The molecule has 11 nitrogen and oxygen atoms in total. The lowest BCUT2D eigenvalue weighted by atomic mass is 9.97. The zero-order valence-electron chi connectivity index (χ0n) is 23.9. The Bertz CT molecular complexity index is 1980. The summed E-state index contributed by atoms with van der Waals surface area (Å²) in [5.74, 6) is 0.966. The molecule has 0 aliphatic carbocycles. The van der Waals surface area contributed by atoms with Crippen LogP contribution in [0, 0.1) is 27.7 Å². The summed E-state index contributed by atoms with van der Waals surface area (Å²) in [5.41, 5.74) is 3.75. The highest BCUT2D eigenvalue weighted by atomic mass is 32.2. The molecule has 3 aromatic heterocycles. The van der Waals surface area contributed by atoms with Crippen LogP contribution in [0.5, 0.6) is 5.75 Å². The summed E-state index contributed by atoms with van der Waals surface area (Å²) < 4.78 is 42.0. The first-order valence-electron chi connectivity index (χ1n) is 13.3. The molecule has 0 unspecified atom stereocenters. The molecule has 2 aromatic carbocycles. The number of hydrogen-bond acceptors (Lipinski definition) is 9. The van der Waals surface area contributed by atoms with Crippen molar-refractivity contribution in [2.45, 2.75) is 52.7 Å². The number of pyridine rings is 1. The molecule has 0 saturated carbocycles. The quantitative estimate of drug-likeness (QED) is 0.248. The van der Waals surface area contributed by atoms with Gasteiger partial charge in [-0.15, -0.1) is 0 Å². The Morgan fingerprint density at radius 2 is 1.79 bits per heavy atom. The van der Waals surface area contributed by atoms with Crippen LogP contribution in [-0.2, 0) is 27.9 Å². The molecule has 0 aliphatic rings. The minimum Gasteiger partial charge on any atom is -0.507 e. The van der Waals surface area contributed by atoms with Gasteiger partial charge in [-0.3, -0.25) is 14.1 Å². The summed E-state index contributed by atoms with van der Waals surface area (Å²) in [6.07, 6.45) is 0. The Kier molecular flexibility index (Phi) is 7.85. The molecular formula is C30H31N5O6S. The summed E-state index contributed by atoms with van der Waals surface area (Å²) in [6.45, 7) is 9.63. The van der Waals surface area contributed by atoms with E-state index in [4.69, 9.17) is 9.26 Å². The zero-order valence-corrected chi connectivity index (χ0v) is 24.7. The Morgan fingerprint density at radius 3 is 2.50 bits per heavy atom. The van der Waals surface area contributed by atoms with Crippen LogP contribution < -0.4 is 10.3 Å². The summed E-state index contributed by atoms with van der Waals surface area (Å²) in [5, 5.41) is 14.7. The van der Waals surface area contributed by atoms with Crippen molar-refractivity contribution < 1.29 is 22.8 Å². The van der Waals surface area contributed by atoms with Crippen molar-refractivity contribution in [2.75, 3.05) is 11.3 Å². The number of anilines is 1. The molecule has 0 bridgehead atoms. The average molecular weight is 590 g/mol. The van der Waals surface area contributed by atoms with Crippen LogP contribution in [0.3, 0.4) is 0 Å². The predicted octanol–water partition coefficient (Wildman–Crippen LogP) is 4.77. The number of rotatable bonds is 9. The fourth-order valence-electron chi connectivity index (χ4n) is 4.85. The lowest BCUT2D eigenvalue weighted by Crippen LogP contribution is -2.22. The van der Waals surface area contributed by atoms with E-state index in [1.807, 2.05) is 25.1 Å². The molecule has 0 amide bonds. The molecule has 0 spiro atoms. The van der Waals surface area contributed by atoms with Crippen LogP contribution in [0.25, 0.3) is 22.2 Å². The standard InChI is InChI=1S/C30H31N5O6S/c1-6-40-16-22-13-21(15-35-27(37)14-25(36)28-18(3)31-20(5)32-30(28)35)11-12-23(22)24-9-7-8-10-26(24)42(38,39)34-29-17(2)19(4)41-33-29/h7-14,36H,6,15-16H2,1-5H3,(H,33,34). The lowest BCUT2D eigenvalue weighted by molar-refractivity contribution is 0.134. The number of ether oxygens (including phenoxy) is 1. The first kappa shape index (κ1) is 29.0. The SMILES string of the molecule is CCOCc1cc(Cn2c(=O)cc(O)c3c(C)nc(C)nc32)ccc1-c1ccccc1S(=O)(=O)Nc1noc(C)c1C. The van der Waals surface area contributed by atoms with Crippen LogP contribution in [0.2, 0.25) is 0 Å². The molecule has 3 heterocycles. The third kappa shape index (κ3) is 5.50. The molecule has 12 heteroatoms. The summed E-state index contributed by atoms with van der Waals surface area (Å²) in [4.78, 5) is 21.8. The van der Waals surface area contributed by atoms with E-state index in [9.17, 15) is 18.3 Å². The van der Waals surface area contributed by atoms with Crippen molar-refractivity contribution >= 4 is 26.9 Å². The molecule has 5 rings (SSSR count). The van der Waals surface area contributed by atoms with Crippen LogP contribution in [0.15, 0.2) is 62.7 Å². The van der Waals surface area contributed by atoms with Crippen LogP contribution in [0.4, 0.5) is 5.82 Å². The second kappa shape index (κ2) is 11.4. The van der Waals surface area contributed by atoms with Crippen molar-refractivity contribution in [3.05, 3.63) is 92.9 Å². The van der Waals surface area contributed by atoms with Gasteiger partial charge in [-0.2, -0.15) is 0 Å². The van der Waals surface area contributed by atoms with E-state index in [-0.39, 0.29) is 29.6 Å². The van der Waals surface area contributed by atoms with Gasteiger partial charge >= 0.3 is 0 Å². The molecule has 0 radical (unpaired) electrons. The molecule has 42 heavy (non-hydrogen) atoms. The normalized spacial score (nSPS) is 11.7. The Hall–Kier alpha value is -4.55. The largest absolute Gasteiger partial charge is 0.507 e.